The maximum Gasteiger partial charge on any atom is 0.290 e. The predicted octanol–water partition coefficient (Wildman–Crippen LogP) is 3.60. The van der Waals surface area contributed by atoms with Crippen molar-refractivity contribution in [3.63, 3.8) is 0 Å². The number of imidazole rings is 1. The zero-order valence-electron chi connectivity index (χ0n) is 20.7. The molecule has 4 rings (SSSR count). The molecule has 0 aliphatic rings. The van der Waals surface area contributed by atoms with E-state index in [1.807, 2.05) is 0 Å². The minimum absolute atomic E-state index is 0.0319. The van der Waals surface area contributed by atoms with Crippen molar-refractivity contribution < 1.29 is 33.0 Å². The van der Waals surface area contributed by atoms with Crippen molar-refractivity contribution in [3.8, 4) is 17.0 Å². The number of nitrogens with one attached hydrogen (secondary N) is 2. The fraction of sp³-hybridized carbons (Fsp3) is 0.200. The highest BCUT2D eigenvalue weighted by molar-refractivity contribution is 9.10. The molecule has 1 amide bonds. The Morgan fingerprint density at radius 1 is 1.21 bits per heavy atom. The SMILES string of the molecule is COc1ccc(-c2cnc3c(Nc4ccc(C(=O)NCCOCCN)c(Br)c4)nccn23)c(F)c1F.O=CO. The van der Waals surface area contributed by atoms with E-state index < -0.39 is 11.6 Å². The molecule has 0 aliphatic carbocycles. The summed E-state index contributed by atoms with van der Waals surface area (Å²) in [5.74, 6) is -2.16. The van der Waals surface area contributed by atoms with Crippen LogP contribution in [0.15, 0.2) is 53.4 Å². The van der Waals surface area contributed by atoms with E-state index in [2.05, 4.69) is 36.5 Å². The Kier molecular flexibility index (Phi) is 10.7. The molecule has 0 saturated heterocycles. The van der Waals surface area contributed by atoms with E-state index in [1.54, 1.807) is 28.8 Å². The first-order chi connectivity index (χ1) is 18.9. The maximum atomic E-state index is 14.7. The largest absolute Gasteiger partial charge is 0.494 e. The molecule has 0 aliphatic heterocycles. The number of carboxylic acid groups (broad SMARTS) is 1. The van der Waals surface area contributed by atoms with Gasteiger partial charge in [0.1, 0.15) is 0 Å². The Hall–Kier alpha value is -4.14. The minimum Gasteiger partial charge on any atom is -0.494 e. The van der Waals surface area contributed by atoms with Gasteiger partial charge in [0, 0.05) is 41.2 Å². The minimum atomic E-state index is -1.07. The molecule has 206 valence electrons. The molecular weight excluding hydrogens is 582 g/mol. The Morgan fingerprint density at radius 3 is 2.67 bits per heavy atom. The van der Waals surface area contributed by atoms with Crippen LogP contribution in [0.2, 0.25) is 0 Å². The molecular formula is C25H25BrF2N6O5. The molecule has 0 bridgehead atoms. The number of carbonyl (C=O) groups excluding carboxylic acids is 1. The Bertz CT molecular complexity index is 1450. The number of halogens is 3. The van der Waals surface area contributed by atoms with Gasteiger partial charge in [-0.1, -0.05) is 0 Å². The summed E-state index contributed by atoms with van der Waals surface area (Å²) >= 11 is 3.43. The van der Waals surface area contributed by atoms with Gasteiger partial charge in [0.2, 0.25) is 5.82 Å². The zero-order chi connectivity index (χ0) is 28.4. The third-order valence-electron chi connectivity index (χ3n) is 5.24. The highest BCUT2D eigenvalue weighted by Gasteiger charge is 2.19. The standard InChI is InChI=1S/C24H23BrF2N6O3.CH2O2/c1-35-19-5-4-16(20(26)21(19)27)18-13-31-23-22(29-7-9-33(18)23)32-14-2-3-15(17(25)12-14)24(34)30-8-11-36-10-6-28;2-1-3/h2-5,7,9,12-13H,6,8,10-11,28H2,1H3,(H,29,32)(H,30,34);1H,(H,2,3). The van der Waals surface area contributed by atoms with Crippen molar-refractivity contribution in [2.24, 2.45) is 5.73 Å². The number of hydrogen-bond donors (Lipinski definition) is 4. The van der Waals surface area contributed by atoms with Crippen LogP contribution < -0.4 is 21.1 Å². The molecule has 0 saturated carbocycles. The first-order valence-electron chi connectivity index (χ1n) is 11.4. The van der Waals surface area contributed by atoms with Crippen LogP contribution in [0.3, 0.4) is 0 Å². The lowest BCUT2D eigenvalue weighted by atomic mass is 10.1. The van der Waals surface area contributed by atoms with Gasteiger partial charge in [-0.3, -0.25) is 14.0 Å². The van der Waals surface area contributed by atoms with Crippen molar-refractivity contribution in [3.05, 3.63) is 70.6 Å². The van der Waals surface area contributed by atoms with E-state index in [-0.39, 0.29) is 23.7 Å². The smallest absolute Gasteiger partial charge is 0.290 e. The van der Waals surface area contributed by atoms with Crippen LogP contribution >= 0.6 is 15.9 Å². The summed E-state index contributed by atoms with van der Waals surface area (Å²) < 4.78 is 41.2. The summed E-state index contributed by atoms with van der Waals surface area (Å²) in [7, 11) is 1.27. The van der Waals surface area contributed by atoms with E-state index in [0.29, 0.717) is 59.2 Å². The molecule has 0 fully saturated rings. The van der Waals surface area contributed by atoms with E-state index >= 15 is 0 Å². The second kappa shape index (κ2) is 14.1. The lowest BCUT2D eigenvalue weighted by Gasteiger charge is -2.11. The fourth-order valence-electron chi connectivity index (χ4n) is 3.52. The van der Waals surface area contributed by atoms with Crippen molar-refractivity contribution in [1.29, 1.82) is 0 Å². The molecule has 4 aromatic rings. The number of methoxy groups -OCH3 is 1. The van der Waals surface area contributed by atoms with E-state index in [9.17, 15) is 13.6 Å². The number of fused-ring (bicyclic) bond motifs is 1. The zero-order valence-corrected chi connectivity index (χ0v) is 22.2. The van der Waals surface area contributed by atoms with Gasteiger partial charge in [0.25, 0.3) is 12.4 Å². The summed E-state index contributed by atoms with van der Waals surface area (Å²) in [5.41, 5.74) is 7.23. The van der Waals surface area contributed by atoms with Crippen LogP contribution in [0, 0.1) is 11.6 Å². The number of aromatic nitrogens is 3. The molecule has 0 radical (unpaired) electrons. The second-order valence-electron chi connectivity index (χ2n) is 7.64. The van der Waals surface area contributed by atoms with E-state index in [4.69, 9.17) is 25.1 Å². The highest BCUT2D eigenvalue weighted by Crippen LogP contribution is 2.32. The molecule has 0 unspecified atom stereocenters. The summed E-state index contributed by atoms with van der Waals surface area (Å²) in [6.07, 6.45) is 4.56. The van der Waals surface area contributed by atoms with Gasteiger partial charge in [-0.25, -0.2) is 14.4 Å². The number of ether oxygens (including phenoxy) is 2. The number of nitrogens with two attached hydrogens (primary N) is 1. The average molecular weight is 607 g/mol. The van der Waals surface area contributed by atoms with E-state index in [0.717, 1.165) is 0 Å². The number of amides is 1. The Balaban J connectivity index is 0.00000134. The summed E-state index contributed by atoms with van der Waals surface area (Å²) in [6, 6.07) is 7.90. The van der Waals surface area contributed by atoms with E-state index in [1.165, 1.54) is 31.6 Å². The molecule has 0 atom stereocenters. The lowest BCUT2D eigenvalue weighted by molar-refractivity contribution is -0.122. The van der Waals surface area contributed by atoms with Crippen molar-refractivity contribution in [2.45, 2.75) is 0 Å². The molecule has 2 aromatic carbocycles. The van der Waals surface area contributed by atoms with Gasteiger partial charge in [-0.2, -0.15) is 4.39 Å². The summed E-state index contributed by atoms with van der Waals surface area (Å²) in [6.45, 7) is 1.34. The second-order valence-corrected chi connectivity index (χ2v) is 8.49. The Labute approximate surface area is 230 Å². The number of carbonyl (C=O) groups is 2. The topological polar surface area (TPSA) is 153 Å². The highest BCUT2D eigenvalue weighted by atomic mass is 79.9. The van der Waals surface area contributed by atoms with Crippen LogP contribution in [0.1, 0.15) is 10.4 Å². The quantitative estimate of drug-likeness (QED) is 0.157. The van der Waals surface area contributed by atoms with Crippen molar-refractivity contribution in [1.82, 2.24) is 19.7 Å². The number of anilines is 2. The van der Waals surface area contributed by atoms with Crippen molar-refractivity contribution >= 4 is 45.5 Å². The van der Waals surface area contributed by atoms with Crippen LogP contribution in [-0.2, 0) is 9.53 Å². The number of nitrogens with zero attached hydrogens (tertiary/aromatic N) is 3. The van der Waals surface area contributed by atoms with Gasteiger partial charge in [-0.05, 0) is 46.3 Å². The predicted molar refractivity (Wildman–Crippen MR) is 143 cm³/mol. The van der Waals surface area contributed by atoms with Crippen LogP contribution in [0.5, 0.6) is 5.75 Å². The third-order valence-corrected chi connectivity index (χ3v) is 5.90. The van der Waals surface area contributed by atoms with Gasteiger partial charge in [0.15, 0.2) is 23.0 Å². The summed E-state index contributed by atoms with van der Waals surface area (Å²) in [5, 5.41) is 12.8. The number of rotatable bonds is 10. The van der Waals surface area contributed by atoms with Crippen LogP contribution in [0.25, 0.3) is 16.9 Å². The normalized spacial score (nSPS) is 10.5. The molecule has 14 heteroatoms. The summed E-state index contributed by atoms with van der Waals surface area (Å²) in [4.78, 5) is 29.5. The van der Waals surface area contributed by atoms with Crippen LogP contribution in [-0.4, -0.2) is 65.3 Å². The van der Waals surface area contributed by atoms with Gasteiger partial charge < -0.3 is 30.9 Å². The van der Waals surface area contributed by atoms with Gasteiger partial charge >= 0.3 is 0 Å². The molecule has 11 nitrogen and oxygen atoms in total. The lowest BCUT2D eigenvalue weighted by Crippen LogP contribution is -2.28. The monoisotopic (exact) mass is 606 g/mol. The maximum absolute atomic E-state index is 14.7. The van der Waals surface area contributed by atoms with Gasteiger partial charge in [0.05, 0.1) is 37.8 Å². The molecule has 2 heterocycles. The first kappa shape index (κ1) is 29.4. The number of benzene rings is 2. The van der Waals surface area contributed by atoms with Crippen molar-refractivity contribution in [2.75, 3.05) is 38.7 Å². The van der Waals surface area contributed by atoms with Gasteiger partial charge in [-0.15, -0.1) is 0 Å². The van der Waals surface area contributed by atoms with Crippen LogP contribution in [0.4, 0.5) is 20.3 Å². The molecule has 39 heavy (non-hydrogen) atoms. The molecule has 0 spiro atoms. The number of hydrogen-bond acceptors (Lipinski definition) is 8. The molecule has 2 aromatic heterocycles. The first-order valence-corrected chi connectivity index (χ1v) is 12.2. The fourth-order valence-corrected chi connectivity index (χ4v) is 4.08. The molecule has 5 N–H and O–H groups in total. The third kappa shape index (κ3) is 7.04. The average Bonchev–Trinajstić information content (AvgIpc) is 3.35. The Morgan fingerprint density at radius 2 is 1.97 bits per heavy atom.